The Hall–Kier alpha value is -2.15. The van der Waals surface area contributed by atoms with Gasteiger partial charge in [0.2, 0.25) is 0 Å². The molecule has 0 radical (unpaired) electrons. The predicted octanol–water partition coefficient (Wildman–Crippen LogP) is 3.68. The van der Waals surface area contributed by atoms with Gasteiger partial charge in [-0.15, -0.1) is 0 Å². The van der Waals surface area contributed by atoms with Gasteiger partial charge in [0.25, 0.3) is 0 Å². The van der Waals surface area contributed by atoms with Crippen LogP contribution in [-0.2, 0) is 4.74 Å². The number of piperidine rings is 1. The van der Waals surface area contributed by atoms with Gasteiger partial charge >= 0.3 is 12.1 Å². The van der Waals surface area contributed by atoms with Crippen molar-refractivity contribution in [1.82, 2.24) is 10.2 Å². The fourth-order valence-electron chi connectivity index (χ4n) is 3.57. The van der Waals surface area contributed by atoms with Gasteiger partial charge in [-0.25, -0.2) is 9.59 Å². The van der Waals surface area contributed by atoms with E-state index >= 15 is 0 Å². The average Bonchev–Trinajstić information content (AvgIpc) is 3.17. The minimum Gasteiger partial charge on any atom is -0.450 e. The van der Waals surface area contributed by atoms with Crippen molar-refractivity contribution >= 4 is 35.1 Å². The summed E-state index contributed by atoms with van der Waals surface area (Å²) in [5.41, 5.74) is 1.69. The Morgan fingerprint density at radius 2 is 1.89 bits per heavy atom. The van der Waals surface area contributed by atoms with Crippen LogP contribution in [0.5, 0.6) is 0 Å². The molecule has 148 valence electrons. The van der Waals surface area contributed by atoms with Gasteiger partial charge in [-0.3, -0.25) is 0 Å². The highest BCUT2D eigenvalue weighted by Gasteiger charge is 2.24. The first-order valence-corrected chi connectivity index (χ1v) is 9.98. The van der Waals surface area contributed by atoms with Gasteiger partial charge in [-0.1, -0.05) is 11.6 Å². The highest BCUT2D eigenvalue weighted by molar-refractivity contribution is 6.33. The van der Waals surface area contributed by atoms with Gasteiger partial charge < -0.3 is 25.2 Å². The van der Waals surface area contributed by atoms with E-state index in [1.807, 2.05) is 12.1 Å². The number of hydrogen-bond acceptors (Lipinski definition) is 4. The summed E-state index contributed by atoms with van der Waals surface area (Å²) in [5, 5.41) is 6.46. The van der Waals surface area contributed by atoms with E-state index in [1.54, 1.807) is 17.9 Å². The van der Waals surface area contributed by atoms with Crippen LogP contribution in [0.2, 0.25) is 5.02 Å². The molecule has 0 spiro atoms. The molecule has 8 heteroatoms. The number of halogens is 1. The summed E-state index contributed by atoms with van der Waals surface area (Å²) < 4.78 is 5.01. The third-order valence-electron chi connectivity index (χ3n) is 5.01. The van der Waals surface area contributed by atoms with Crippen LogP contribution < -0.4 is 15.5 Å². The van der Waals surface area contributed by atoms with Crippen LogP contribution in [0, 0.1) is 0 Å². The molecule has 1 aromatic rings. The smallest absolute Gasteiger partial charge is 0.409 e. The maximum atomic E-state index is 12.3. The van der Waals surface area contributed by atoms with Crippen LogP contribution >= 0.6 is 11.6 Å². The first-order valence-electron chi connectivity index (χ1n) is 9.60. The maximum Gasteiger partial charge on any atom is 0.409 e. The molecule has 2 N–H and O–H groups in total. The number of benzene rings is 1. The topological polar surface area (TPSA) is 73.9 Å². The van der Waals surface area contributed by atoms with E-state index in [9.17, 15) is 9.59 Å². The van der Waals surface area contributed by atoms with Gasteiger partial charge in [0, 0.05) is 37.9 Å². The SMILES string of the molecule is CCOC(=O)N1CCC(NC(=O)Nc2ccc(N3CCCC3)c(Cl)c2)CC1. The number of likely N-dealkylation sites (tertiary alicyclic amines) is 1. The third kappa shape index (κ3) is 5.19. The zero-order valence-corrected chi connectivity index (χ0v) is 16.4. The minimum atomic E-state index is -0.284. The fraction of sp³-hybridized carbons (Fsp3) is 0.579. The summed E-state index contributed by atoms with van der Waals surface area (Å²) in [4.78, 5) is 27.9. The van der Waals surface area contributed by atoms with Gasteiger partial charge in [0.1, 0.15) is 0 Å². The van der Waals surface area contributed by atoms with E-state index in [2.05, 4.69) is 15.5 Å². The molecule has 0 bridgehead atoms. The summed E-state index contributed by atoms with van der Waals surface area (Å²) in [7, 11) is 0. The monoisotopic (exact) mass is 394 g/mol. The molecule has 0 atom stereocenters. The number of hydrogen-bond donors (Lipinski definition) is 2. The van der Waals surface area contributed by atoms with Crippen LogP contribution in [0.1, 0.15) is 32.6 Å². The van der Waals surface area contributed by atoms with Crippen LogP contribution in [0.25, 0.3) is 0 Å². The Balaban J connectivity index is 1.47. The second-order valence-corrected chi connectivity index (χ2v) is 7.33. The van der Waals surface area contributed by atoms with Crippen LogP contribution in [0.4, 0.5) is 21.0 Å². The molecule has 2 heterocycles. The lowest BCUT2D eigenvalue weighted by Gasteiger charge is -2.31. The zero-order valence-electron chi connectivity index (χ0n) is 15.7. The normalized spacial score (nSPS) is 17.7. The standard InChI is InChI=1S/C19H27ClN4O3/c1-2-27-19(26)24-11-7-14(8-12-24)21-18(25)22-15-5-6-17(16(20)13-15)23-9-3-4-10-23/h5-6,13-14H,2-4,7-12H2,1H3,(H2,21,22,25). The first-order chi connectivity index (χ1) is 13.1. The molecule has 2 aliphatic heterocycles. The Morgan fingerprint density at radius 3 is 2.52 bits per heavy atom. The average molecular weight is 395 g/mol. The Morgan fingerprint density at radius 1 is 1.19 bits per heavy atom. The molecular formula is C19H27ClN4O3. The van der Waals surface area contributed by atoms with Crippen LogP contribution in [0.15, 0.2) is 18.2 Å². The molecule has 7 nitrogen and oxygen atoms in total. The van der Waals surface area contributed by atoms with E-state index < -0.39 is 0 Å². The molecule has 2 aliphatic rings. The quantitative estimate of drug-likeness (QED) is 0.816. The second-order valence-electron chi connectivity index (χ2n) is 6.92. The molecular weight excluding hydrogens is 368 g/mol. The number of anilines is 2. The van der Waals surface area contributed by atoms with Crippen LogP contribution in [-0.4, -0.2) is 55.9 Å². The molecule has 27 heavy (non-hydrogen) atoms. The number of nitrogens with one attached hydrogen (secondary N) is 2. The van der Waals surface area contributed by atoms with Gasteiger partial charge in [-0.05, 0) is 50.8 Å². The number of nitrogens with zero attached hydrogens (tertiary/aromatic N) is 2. The molecule has 0 unspecified atom stereocenters. The van der Waals surface area contributed by atoms with E-state index in [-0.39, 0.29) is 18.2 Å². The summed E-state index contributed by atoms with van der Waals surface area (Å²) in [6.07, 6.45) is 3.51. The van der Waals surface area contributed by atoms with Crippen molar-refractivity contribution in [1.29, 1.82) is 0 Å². The summed E-state index contributed by atoms with van der Waals surface area (Å²) in [5.74, 6) is 0. The molecule has 1 aromatic carbocycles. The summed E-state index contributed by atoms with van der Waals surface area (Å²) in [6, 6.07) is 5.41. The minimum absolute atomic E-state index is 0.0371. The number of urea groups is 1. The van der Waals surface area contributed by atoms with Crippen molar-refractivity contribution < 1.29 is 14.3 Å². The molecule has 2 saturated heterocycles. The van der Waals surface area contributed by atoms with E-state index in [1.165, 1.54) is 12.8 Å². The fourth-order valence-corrected chi connectivity index (χ4v) is 3.87. The lowest BCUT2D eigenvalue weighted by Crippen LogP contribution is -2.47. The summed E-state index contributed by atoms with van der Waals surface area (Å²) in [6.45, 7) is 5.38. The lowest BCUT2D eigenvalue weighted by molar-refractivity contribution is 0.0959. The van der Waals surface area contributed by atoms with E-state index in [0.29, 0.717) is 43.2 Å². The molecule has 0 aliphatic carbocycles. The van der Waals surface area contributed by atoms with Crippen molar-refractivity contribution in [3.05, 3.63) is 23.2 Å². The molecule has 0 aromatic heterocycles. The summed E-state index contributed by atoms with van der Waals surface area (Å²) >= 11 is 6.39. The van der Waals surface area contributed by atoms with Crippen molar-refractivity contribution in [2.24, 2.45) is 0 Å². The Labute approximate surface area is 165 Å². The molecule has 3 rings (SSSR count). The highest BCUT2D eigenvalue weighted by atomic mass is 35.5. The number of ether oxygens (including phenoxy) is 1. The number of carbonyl (C=O) groups excluding carboxylic acids is 2. The predicted molar refractivity (Wildman–Crippen MR) is 107 cm³/mol. The van der Waals surface area contributed by atoms with Gasteiger partial charge in [0.05, 0.1) is 17.3 Å². The zero-order chi connectivity index (χ0) is 19.2. The lowest BCUT2D eigenvalue weighted by atomic mass is 10.1. The Kier molecular flexibility index (Phi) is 6.66. The number of carbonyl (C=O) groups is 2. The maximum absolute atomic E-state index is 12.3. The first kappa shape index (κ1) is 19.6. The largest absolute Gasteiger partial charge is 0.450 e. The van der Waals surface area contributed by atoms with Gasteiger partial charge in [0.15, 0.2) is 0 Å². The van der Waals surface area contributed by atoms with Crippen molar-refractivity contribution in [3.63, 3.8) is 0 Å². The molecule has 2 fully saturated rings. The highest BCUT2D eigenvalue weighted by Crippen LogP contribution is 2.31. The third-order valence-corrected chi connectivity index (χ3v) is 5.31. The van der Waals surface area contributed by atoms with Gasteiger partial charge in [-0.2, -0.15) is 0 Å². The number of amides is 3. The number of rotatable bonds is 4. The Bertz CT molecular complexity index is 671. The molecule has 0 saturated carbocycles. The second kappa shape index (κ2) is 9.17. The van der Waals surface area contributed by atoms with Crippen molar-refractivity contribution in [3.8, 4) is 0 Å². The van der Waals surface area contributed by atoms with E-state index in [0.717, 1.165) is 18.8 Å². The van der Waals surface area contributed by atoms with E-state index in [4.69, 9.17) is 16.3 Å². The van der Waals surface area contributed by atoms with Crippen molar-refractivity contribution in [2.75, 3.05) is 43.0 Å². The van der Waals surface area contributed by atoms with Crippen molar-refractivity contribution in [2.45, 2.75) is 38.6 Å². The van der Waals surface area contributed by atoms with Crippen LogP contribution in [0.3, 0.4) is 0 Å². The molecule has 3 amide bonds.